The van der Waals surface area contributed by atoms with Crippen molar-refractivity contribution in [1.82, 2.24) is 25.2 Å². The fourth-order valence-electron chi connectivity index (χ4n) is 2.05. The summed E-state index contributed by atoms with van der Waals surface area (Å²) in [6.07, 6.45) is -3.80. The van der Waals surface area contributed by atoms with Gasteiger partial charge in [0.15, 0.2) is 0 Å². The fourth-order valence-corrected chi connectivity index (χ4v) is 3.06. The minimum atomic E-state index is -4.52. The lowest BCUT2D eigenvalue weighted by molar-refractivity contribution is -0.137. The minimum Gasteiger partial charge on any atom is -0.492 e. The summed E-state index contributed by atoms with van der Waals surface area (Å²) in [4.78, 5) is 3.78. The van der Waals surface area contributed by atoms with Gasteiger partial charge < -0.3 is 4.74 Å². The molecule has 3 rings (SSSR count). The van der Waals surface area contributed by atoms with Gasteiger partial charge in [-0.05, 0) is 47.3 Å². The van der Waals surface area contributed by atoms with Crippen LogP contribution in [0.3, 0.4) is 0 Å². The molecule has 0 bridgehead atoms. The largest absolute Gasteiger partial charge is 0.492 e. The minimum absolute atomic E-state index is 0.141. The average molecular weight is 402 g/mol. The molecule has 0 saturated carbocycles. The molecule has 0 saturated heterocycles. The molecule has 2 heterocycles. The lowest BCUT2D eigenvalue weighted by atomic mass is 10.3. The number of rotatable bonds is 5. The highest BCUT2D eigenvalue weighted by atomic mass is 35.5. The van der Waals surface area contributed by atoms with Crippen LogP contribution in [0.15, 0.2) is 46.7 Å². The zero-order valence-electron chi connectivity index (χ0n) is 13.2. The number of ether oxygens (including phenoxy) is 1. The zero-order valence-corrected chi connectivity index (χ0v) is 14.8. The SMILES string of the molecule is CCOc1ccccc1-n1nnnc1Sc1ncc(C(F)(F)F)cc1Cl. The highest BCUT2D eigenvalue weighted by Gasteiger charge is 2.31. The number of benzene rings is 1. The van der Waals surface area contributed by atoms with Gasteiger partial charge in [0, 0.05) is 6.20 Å². The van der Waals surface area contributed by atoms with Gasteiger partial charge in [-0.15, -0.1) is 5.10 Å². The third kappa shape index (κ3) is 3.91. The molecule has 3 aromatic rings. The van der Waals surface area contributed by atoms with E-state index in [1.54, 1.807) is 24.3 Å². The molecular formula is C15H11ClF3N5OS. The van der Waals surface area contributed by atoms with Gasteiger partial charge in [-0.3, -0.25) is 0 Å². The van der Waals surface area contributed by atoms with Crippen LogP contribution in [-0.2, 0) is 6.18 Å². The molecule has 2 aromatic heterocycles. The third-order valence-corrected chi connectivity index (χ3v) is 4.51. The predicted molar refractivity (Wildman–Crippen MR) is 88.7 cm³/mol. The summed E-state index contributed by atoms with van der Waals surface area (Å²) in [5, 5.41) is 11.7. The first kappa shape index (κ1) is 18.5. The normalized spacial score (nSPS) is 11.6. The molecule has 0 amide bonds. The number of hydrogen-bond donors (Lipinski definition) is 0. The average Bonchev–Trinajstić information content (AvgIpc) is 3.04. The van der Waals surface area contributed by atoms with Crippen LogP contribution < -0.4 is 4.74 Å². The van der Waals surface area contributed by atoms with Gasteiger partial charge in [0.25, 0.3) is 0 Å². The molecule has 11 heteroatoms. The van der Waals surface area contributed by atoms with E-state index in [1.807, 2.05) is 6.92 Å². The monoisotopic (exact) mass is 401 g/mol. The third-order valence-electron chi connectivity index (χ3n) is 3.16. The van der Waals surface area contributed by atoms with E-state index < -0.39 is 11.7 Å². The van der Waals surface area contributed by atoms with E-state index in [-0.39, 0.29) is 15.2 Å². The van der Waals surface area contributed by atoms with Crippen molar-refractivity contribution >= 4 is 23.4 Å². The van der Waals surface area contributed by atoms with Crippen LogP contribution in [0, 0.1) is 0 Å². The molecule has 0 radical (unpaired) electrons. The van der Waals surface area contributed by atoms with E-state index >= 15 is 0 Å². The van der Waals surface area contributed by atoms with E-state index in [9.17, 15) is 13.2 Å². The smallest absolute Gasteiger partial charge is 0.417 e. The highest BCUT2D eigenvalue weighted by Crippen LogP contribution is 2.36. The Labute approximate surface area is 155 Å². The van der Waals surface area contributed by atoms with Crippen LogP contribution in [0.1, 0.15) is 12.5 Å². The summed E-state index contributed by atoms with van der Waals surface area (Å²) < 4.78 is 45.1. The molecule has 6 nitrogen and oxygen atoms in total. The molecule has 1 aromatic carbocycles. The van der Waals surface area contributed by atoms with Crippen molar-refractivity contribution in [1.29, 1.82) is 0 Å². The fraction of sp³-hybridized carbons (Fsp3) is 0.200. The van der Waals surface area contributed by atoms with Crippen LogP contribution >= 0.6 is 23.4 Å². The summed E-state index contributed by atoms with van der Waals surface area (Å²) in [5.74, 6) is 0.565. The Morgan fingerprint density at radius 3 is 2.73 bits per heavy atom. The maximum absolute atomic E-state index is 12.7. The second kappa shape index (κ2) is 7.50. The first-order valence-electron chi connectivity index (χ1n) is 7.31. The number of alkyl halides is 3. The predicted octanol–water partition coefficient (Wildman–Crippen LogP) is 4.28. The summed E-state index contributed by atoms with van der Waals surface area (Å²) in [6.45, 7) is 2.30. The van der Waals surface area contributed by atoms with Gasteiger partial charge >= 0.3 is 6.18 Å². The van der Waals surface area contributed by atoms with Crippen LogP contribution in [0.2, 0.25) is 5.02 Å². The summed E-state index contributed by atoms with van der Waals surface area (Å²) >= 11 is 6.90. The molecule has 0 aliphatic heterocycles. The maximum Gasteiger partial charge on any atom is 0.417 e. The highest BCUT2D eigenvalue weighted by molar-refractivity contribution is 7.99. The molecule has 0 unspecified atom stereocenters. The number of para-hydroxylation sites is 2. The molecule has 26 heavy (non-hydrogen) atoms. The van der Waals surface area contributed by atoms with Crippen molar-refractivity contribution in [2.75, 3.05) is 6.61 Å². The molecule has 0 fully saturated rings. The van der Waals surface area contributed by atoms with E-state index in [2.05, 4.69) is 20.5 Å². The summed E-state index contributed by atoms with van der Waals surface area (Å²) in [7, 11) is 0. The van der Waals surface area contributed by atoms with Crippen LogP contribution in [0.25, 0.3) is 5.69 Å². The molecule has 0 atom stereocenters. The van der Waals surface area contributed by atoms with Crippen molar-refractivity contribution in [3.63, 3.8) is 0 Å². The second-order valence-corrected chi connectivity index (χ2v) is 6.25. The van der Waals surface area contributed by atoms with Gasteiger partial charge in [-0.2, -0.15) is 17.9 Å². The second-order valence-electron chi connectivity index (χ2n) is 4.88. The van der Waals surface area contributed by atoms with Gasteiger partial charge in [0.1, 0.15) is 16.5 Å². The molecule has 0 spiro atoms. The maximum atomic E-state index is 12.7. The van der Waals surface area contributed by atoms with Crippen LogP contribution in [-0.4, -0.2) is 31.8 Å². The Balaban J connectivity index is 1.94. The van der Waals surface area contributed by atoms with Crippen molar-refractivity contribution in [2.24, 2.45) is 0 Å². The zero-order chi connectivity index (χ0) is 18.7. The van der Waals surface area contributed by atoms with Crippen molar-refractivity contribution in [3.05, 3.63) is 47.1 Å². The quantitative estimate of drug-likeness (QED) is 0.635. The lowest BCUT2D eigenvalue weighted by Crippen LogP contribution is -2.06. The van der Waals surface area contributed by atoms with Gasteiger partial charge in [-0.25, -0.2) is 4.98 Å². The van der Waals surface area contributed by atoms with Crippen LogP contribution in [0.4, 0.5) is 13.2 Å². The van der Waals surface area contributed by atoms with Crippen molar-refractivity contribution < 1.29 is 17.9 Å². The van der Waals surface area contributed by atoms with E-state index in [4.69, 9.17) is 16.3 Å². The number of pyridine rings is 1. The van der Waals surface area contributed by atoms with E-state index in [1.165, 1.54) is 4.68 Å². The number of aromatic nitrogens is 5. The number of hydrogen-bond acceptors (Lipinski definition) is 6. The Morgan fingerprint density at radius 2 is 2.04 bits per heavy atom. The van der Waals surface area contributed by atoms with Crippen molar-refractivity contribution in [3.8, 4) is 11.4 Å². The number of nitrogens with zero attached hydrogens (tertiary/aromatic N) is 5. The molecule has 0 N–H and O–H groups in total. The molecule has 136 valence electrons. The van der Waals surface area contributed by atoms with Gasteiger partial charge in [0.2, 0.25) is 5.16 Å². The molecule has 0 aliphatic carbocycles. The van der Waals surface area contributed by atoms with Crippen molar-refractivity contribution in [2.45, 2.75) is 23.3 Å². The van der Waals surface area contributed by atoms with E-state index in [0.717, 1.165) is 24.0 Å². The molecular weight excluding hydrogens is 391 g/mol. The number of tetrazole rings is 1. The first-order chi connectivity index (χ1) is 12.4. The van der Waals surface area contributed by atoms with Gasteiger partial charge in [0.05, 0.1) is 17.2 Å². The van der Waals surface area contributed by atoms with Crippen LogP contribution in [0.5, 0.6) is 5.75 Å². The standard InChI is InChI=1S/C15H11ClF3N5OS/c1-2-25-12-6-4-3-5-11(12)24-14(21-22-23-24)26-13-10(16)7-9(8-20-13)15(17,18)19/h3-8H,2H2,1H3. The van der Waals surface area contributed by atoms with Gasteiger partial charge in [-0.1, -0.05) is 23.7 Å². The summed E-state index contributed by atoms with van der Waals surface area (Å²) in [6, 6.07) is 7.93. The Bertz CT molecular complexity index is 918. The topological polar surface area (TPSA) is 65.7 Å². The Kier molecular flexibility index (Phi) is 5.33. The summed E-state index contributed by atoms with van der Waals surface area (Å²) in [5.41, 5.74) is -0.335. The Hall–Kier alpha value is -2.33. The Morgan fingerprint density at radius 1 is 1.27 bits per heavy atom. The van der Waals surface area contributed by atoms with E-state index in [0.29, 0.717) is 18.0 Å². The lowest BCUT2D eigenvalue weighted by Gasteiger charge is -2.11. The molecule has 0 aliphatic rings. The number of halogens is 4. The first-order valence-corrected chi connectivity index (χ1v) is 8.50.